The monoisotopic (exact) mass is 405 g/mol. The molecule has 1 aromatic heterocycles. The van der Waals surface area contributed by atoms with Gasteiger partial charge in [0, 0.05) is 32.1 Å². The van der Waals surface area contributed by atoms with Gasteiger partial charge in [0.25, 0.3) is 0 Å². The lowest BCUT2D eigenvalue weighted by Crippen LogP contribution is -2.52. The summed E-state index contributed by atoms with van der Waals surface area (Å²) in [6.07, 6.45) is 2.90. The van der Waals surface area contributed by atoms with Crippen LogP contribution in [0, 0.1) is 5.92 Å². The number of H-pyrrole nitrogens is 1. The number of fused-ring (bicyclic) bond motifs is 1. The highest BCUT2D eigenvalue weighted by Gasteiger charge is 2.32. The van der Waals surface area contributed by atoms with Crippen molar-refractivity contribution >= 4 is 27.0 Å². The minimum absolute atomic E-state index is 0.0386. The molecule has 2 fully saturated rings. The van der Waals surface area contributed by atoms with Gasteiger partial charge >= 0.3 is 0 Å². The Labute approximate surface area is 165 Å². The van der Waals surface area contributed by atoms with Crippen LogP contribution in [-0.2, 0) is 21.4 Å². The number of piperidine rings is 1. The average Bonchev–Trinajstić information content (AvgIpc) is 3.10. The Morgan fingerprint density at radius 3 is 2.43 bits per heavy atom. The van der Waals surface area contributed by atoms with Gasteiger partial charge in [0.2, 0.25) is 15.9 Å². The Kier molecular flexibility index (Phi) is 5.39. The molecule has 0 aliphatic carbocycles. The van der Waals surface area contributed by atoms with Gasteiger partial charge in [0.05, 0.1) is 23.8 Å². The molecule has 0 saturated carbocycles. The first-order valence-corrected chi connectivity index (χ1v) is 11.6. The van der Waals surface area contributed by atoms with Gasteiger partial charge in [-0.3, -0.25) is 9.69 Å². The SMILES string of the molecule is CS(=O)(=O)N1CCN(C(=O)C2CCN(Cc3nc4ccccc4[nH]3)CC2)CC1. The van der Waals surface area contributed by atoms with Crippen molar-refractivity contribution in [2.45, 2.75) is 19.4 Å². The van der Waals surface area contributed by atoms with Crippen LogP contribution in [-0.4, -0.2) is 83.9 Å². The molecule has 0 atom stereocenters. The fourth-order valence-electron chi connectivity index (χ4n) is 4.13. The number of aromatic nitrogens is 2. The molecule has 28 heavy (non-hydrogen) atoms. The highest BCUT2D eigenvalue weighted by Crippen LogP contribution is 2.22. The number of hydrogen-bond donors (Lipinski definition) is 1. The molecular formula is C19H27N5O3S. The molecule has 152 valence electrons. The normalized spacial score (nSPS) is 20.7. The van der Waals surface area contributed by atoms with E-state index < -0.39 is 10.0 Å². The molecule has 3 heterocycles. The highest BCUT2D eigenvalue weighted by molar-refractivity contribution is 7.88. The molecular weight excluding hydrogens is 378 g/mol. The maximum Gasteiger partial charge on any atom is 0.225 e. The number of hydrogen-bond acceptors (Lipinski definition) is 5. The molecule has 0 bridgehead atoms. The fraction of sp³-hybridized carbons (Fsp3) is 0.579. The number of nitrogens with one attached hydrogen (secondary N) is 1. The van der Waals surface area contributed by atoms with E-state index in [1.807, 2.05) is 29.2 Å². The topological polar surface area (TPSA) is 89.6 Å². The van der Waals surface area contributed by atoms with Crippen LogP contribution in [0.5, 0.6) is 0 Å². The summed E-state index contributed by atoms with van der Waals surface area (Å²) in [7, 11) is -3.17. The van der Waals surface area contributed by atoms with Gasteiger partial charge in [-0.1, -0.05) is 12.1 Å². The fourth-order valence-corrected chi connectivity index (χ4v) is 4.96. The summed E-state index contributed by atoms with van der Waals surface area (Å²) in [5, 5.41) is 0. The lowest BCUT2D eigenvalue weighted by atomic mass is 9.95. The number of aromatic amines is 1. The molecule has 0 spiro atoms. The number of carbonyl (C=O) groups is 1. The number of para-hydroxylation sites is 2. The number of piperazine rings is 1. The third kappa shape index (κ3) is 4.21. The maximum absolute atomic E-state index is 12.8. The highest BCUT2D eigenvalue weighted by atomic mass is 32.2. The Balaban J connectivity index is 1.27. The first-order valence-electron chi connectivity index (χ1n) is 9.80. The second-order valence-corrected chi connectivity index (χ2v) is 9.72. The molecule has 2 aliphatic heterocycles. The third-order valence-corrected chi connectivity index (χ3v) is 7.07. The number of amides is 1. The zero-order valence-corrected chi connectivity index (χ0v) is 17.0. The van der Waals surface area contributed by atoms with Gasteiger partial charge in [-0.2, -0.15) is 4.31 Å². The molecule has 1 amide bonds. The molecule has 4 rings (SSSR count). The molecule has 9 heteroatoms. The Morgan fingerprint density at radius 1 is 1.11 bits per heavy atom. The largest absolute Gasteiger partial charge is 0.341 e. The summed E-state index contributed by atoms with van der Waals surface area (Å²) >= 11 is 0. The lowest BCUT2D eigenvalue weighted by Gasteiger charge is -2.37. The molecule has 2 saturated heterocycles. The maximum atomic E-state index is 12.8. The van der Waals surface area contributed by atoms with Crippen molar-refractivity contribution in [2.24, 2.45) is 5.92 Å². The third-order valence-electron chi connectivity index (χ3n) is 5.77. The number of nitrogens with zero attached hydrogens (tertiary/aromatic N) is 4. The van der Waals surface area contributed by atoms with E-state index in [1.54, 1.807) is 0 Å². The van der Waals surface area contributed by atoms with Crippen molar-refractivity contribution in [1.29, 1.82) is 0 Å². The summed E-state index contributed by atoms with van der Waals surface area (Å²) in [6.45, 7) is 4.29. The van der Waals surface area contributed by atoms with Crippen LogP contribution in [0.1, 0.15) is 18.7 Å². The Hall–Kier alpha value is -1.97. The van der Waals surface area contributed by atoms with Crippen LogP contribution in [0.4, 0.5) is 0 Å². The van der Waals surface area contributed by atoms with Gasteiger partial charge < -0.3 is 9.88 Å². The molecule has 1 aromatic carbocycles. The van der Waals surface area contributed by atoms with E-state index in [9.17, 15) is 13.2 Å². The van der Waals surface area contributed by atoms with Gasteiger partial charge in [-0.25, -0.2) is 13.4 Å². The Bertz CT molecular complexity index is 908. The van der Waals surface area contributed by atoms with Crippen LogP contribution < -0.4 is 0 Å². The second kappa shape index (κ2) is 7.81. The average molecular weight is 406 g/mol. The predicted molar refractivity (Wildman–Crippen MR) is 107 cm³/mol. The first-order chi connectivity index (χ1) is 13.4. The minimum Gasteiger partial charge on any atom is -0.341 e. The number of sulfonamides is 1. The van der Waals surface area contributed by atoms with E-state index >= 15 is 0 Å². The summed E-state index contributed by atoms with van der Waals surface area (Å²) in [4.78, 5) is 25.0. The van der Waals surface area contributed by atoms with E-state index in [2.05, 4.69) is 14.9 Å². The van der Waals surface area contributed by atoms with Gasteiger partial charge in [0.1, 0.15) is 5.82 Å². The van der Waals surface area contributed by atoms with Crippen LogP contribution in [0.25, 0.3) is 11.0 Å². The van der Waals surface area contributed by atoms with Crippen molar-refractivity contribution in [1.82, 2.24) is 24.1 Å². The molecule has 8 nitrogen and oxygen atoms in total. The number of likely N-dealkylation sites (tertiary alicyclic amines) is 1. The molecule has 2 aliphatic rings. The van der Waals surface area contributed by atoms with Crippen molar-refractivity contribution < 1.29 is 13.2 Å². The van der Waals surface area contributed by atoms with E-state index in [1.165, 1.54) is 10.6 Å². The van der Waals surface area contributed by atoms with Crippen molar-refractivity contribution in [3.05, 3.63) is 30.1 Å². The van der Waals surface area contributed by atoms with Gasteiger partial charge in [0.15, 0.2) is 0 Å². The number of imidazole rings is 1. The smallest absolute Gasteiger partial charge is 0.225 e. The Morgan fingerprint density at radius 2 is 1.79 bits per heavy atom. The van der Waals surface area contributed by atoms with Gasteiger partial charge in [-0.05, 0) is 38.1 Å². The summed E-state index contributed by atoms with van der Waals surface area (Å²) < 4.78 is 24.7. The zero-order chi connectivity index (χ0) is 19.7. The van der Waals surface area contributed by atoms with Crippen molar-refractivity contribution in [3.63, 3.8) is 0 Å². The summed E-state index contributed by atoms with van der Waals surface area (Å²) in [6, 6.07) is 8.01. The molecule has 1 N–H and O–H groups in total. The second-order valence-electron chi connectivity index (χ2n) is 7.74. The first kappa shape index (κ1) is 19.4. The van der Waals surface area contributed by atoms with E-state index in [4.69, 9.17) is 0 Å². The van der Waals surface area contributed by atoms with Gasteiger partial charge in [-0.15, -0.1) is 0 Å². The number of carbonyl (C=O) groups excluding carboxylic acids is 1. The van der Waals surface area contributed by atoms with Crippen LogP contribution in [0.3, 0.4) is 0 Å². The van der Waals surface area contributed by atoms with Crippen molar-refractivity contribution in [2.75, 3.05) is 45.5 Å². The quantitative estimate of drug-likeness (QED) is 0.816. The molecule has 0 unspecified atom stereocenters. The molecule has 0 radical (unpaired) electrons. The lowest BCUT2D eigenvalue weighted by molar-refractivity contribution is -0.138. The van der Waals surface area contributed by atoms with Crippen LogP contribution >= 0.6 is 0 Å². The predicted octanol–water partition coefficient (Wildman–Crippen LogP) is 0.879. The summed E-state index contributed by atoms with van der Waals surface area (Å²) in [5.41, 5.74) is 2.03. The molecule has 2 aromatic rings. The van der Waals surface area contributed by atoms with Crippen LogP contribution in [0.2, 0.25) is 0 Å². The van der Waals surface area contributed by atoms with Crippen LogP contribution in [0.15, 0.2) is 24.3 Å². The van der Waals surface area contributed by atoms with E-state index in [0.29, 0.717) is 26.2 Å². The summed E-state index contributed by atoms with van der Waals surface area (Å²) in [5.74, 6) is 1.18. The van der Waals surface area contributed by atoms with E-state index in [-0.39, 0.29) is 11.8 Å². The minimum atomic E-state index is -3.17. The number of rotatable bonds is 4. The number of benzene rings is 1. The standard InChI is InChI=1S/C19H27N5O3S/c1-28(26,27)24-12-10-23(11-13-24)19(25)15-6-8-22(9-7-15)14-18-20-16-4-2-3-5-17(16)21-18/h2-5,15H,6-14H2,1H3,(H,20,21). The van der Waals surface area contributed by atoms with Crippen molar-refractivity contribution in [3.8, 4) is 0 Å². The zero-order valence-electron chi connectivity index (χ0n) is 16.2. The van der Waals surface area contributed by atoms with E-state index in [0.717, 1.165) is 49.3 Å².